The van der Waals surface area contributed by atoms with Crippen molar-refractivity contribution in [2.45, 2.75) is 19.3 Å². The molecule has 1 saturated heterocycles. The molecular formula is C19H19ClN4O2. The quantitative estimate of drug-likeness (QED) is 0.762. The maximum Gasteiger partial charge on any atom is 0.222 e. The highest BCUT2D eigenvalue weighted by molar-refractivity contribution is 6.31. The van der Waals surface area contributed by atoms with Crippen LogP contribution in [0.25, 0.3) is 22.2 Å². The molecule has 1 N–H and O–H groups in total. The molecule has 0 radical (unpaired) electrons. The normalized spacial score (nSPS) is 17.0. The molecule has 1 fully saturated rings. The van der Waals surface area contributed by atoms with Gasteiger partial charge in [-0.15, -0.1) is 0 Å². The number of aromatic nitrogens is 3. The van der Waals surface area contributed by atoms with Crippen molar-refractivity contribution in [1.29, 1.82) is 0 Å². The van der Waals surface area contributed by atoms with Crippen molar-refractivity contribution >= 4 is 34.2 Å². The molecule has 0 aliphatic carbocycles. The molecule has 0 bridgehead atoms. The molecule has 0 aromatic carbocycles. The first-order chi connectivity index (χ1) is 12.5. The minimum absolute atomic E-state index is 0.154. The molecule has 26 heavy (non-hydrogen) atoms. The third kappa shape index (κ3) is 3.18. The molecule has 1 aliphatic rings. The van der Waals surface area contributed by atoms with Gasteiger partial charge in [-0.3, -0.25) is 9.78 Å². The fourth-order valence-corrected chi connectivity index (χ4v) is 3.58. The van der Waals surface area contributed by atoms with Gasteiger partial charge in [0.1, 0.15) is 5.82 Å². The van der Waals surface area contributed by atoms with Gasteiger partial charge in [-0.2, -0.15) is 0 Å². The molecule has 1 atom stereocenters. The number of ether oxygens (including phenoxy) is 1. The summed E-state index contributed by atoms with van der Waals surface area (Å²) in [6.07, 6.45) is 4.72. The Hall–Kier alpha value is -2.44. The van der Waals surface area contributed by atoms with Gasteiger partial charge in [0.05, 0.1) is 24.0 Å². The van der Waals surface area contributed by atoms with Gasteiger partial charge in [0, 0.05) is 54.4 Å². The summed E-state index contributed by atoms with van der Waals surface area (Å²) in [6, 6.07) is 5.65. The Kier molecular flexibility index (Phi) is 4.38. The second kappa shape index (κ2) is 6.70. The number of nitrogens with one attached hydrogen (secondary N) is 1. The fraction of sp³-hybridized carbons (Fsp3) is 0.316. The van der Waals surface area contributed by atoms with Crippen LogP contribution in [-0.2, 0) is 16.6 Å². The minimum atomic E-state index is -0.154. The number of pyridine rings is 2. The molecule has 4 rings (SSSR count). The fourth-order valence-electron chi connectivity index (χ4n) is 3.36. The Morgan fingerprint density at radius 3 is 2.96 bits per heavy atom. The van der Waals surface area contributed by atoms with Crippen LogP contribution in [0.2, 0.25) is 5.02 Å². The van der Waals surface area contributed by atoms with E-state index in [-0.39, 0.29) is 11.8 Å². The smallest absolute Gasteiger partial charge is 0.222 e. The Labute approximate surface area is 156 Å². The Balaban J connectivity index is 1.84. The molecule has 1 amide bonds. The summed E-state index contributed by atoms with van der Waals surface area (Å²) in [5.74, 6) is 0.640. The van der Waals surface area contributed by atoms with Gasteiger partial charge in [-0.1, -0.05) is 11.6 Å². The van der Waals surface area contributed by atoms with Gasteiger partial charge in [0.2, 0.25) is 5.91 Å². The topological polar surface area (TPSA) is 69.0 Å². The average molecular weight is 371 g/mol. The number of aryl methyl sites for hydroxylation is 1. The second-order valence-corrected chi connectivity index (χ2v) is 7.01. The monoisotopic (exact) mass is 370 g/mol. The van der Waals surface area contributed by atoms with E-state index in [4.69, 9.17) is 21.3 Å². The first kappa shape index (κ1) is 17.0. The Morgan fingerprint density at radius 2 is 2.23 bits per heavy atom. The number of nitrogens with zero attached hydrogens (tertiary/aromatic N) is 3. The number of rotatable bonds is 3. The van der Waals surface area contributed by atoms with Crippen LogP contribution in [0, 0.1) is 0 Å². The van der Waals surface area contributed by atoms with E-state index in [9.17, 15) is 4.79 Å². The first-order valence-electron chi connectivity index (χ1n) is 8.49. The van der Waals surface area contributed by atoms with E-state index in [1.807, 2.05) is 36.0 Å². The summed E-state index contributed by atoms with van der Waals surface area (Å²) < 4.78 is 7.48. The summed E-state index contributed by atoms with van der Waals surface area (Å²) >= 11 is 6.38. The first-order valence-corrected chi connectivity index (χ1v) is 8.87. The summed E-state index contributed by atoms with van der Waals surface area (Å²) in [5, 5.41) is 4.35. The molecule has 1 aliphatic heterocycles. The van der Waals surface area contributed by atoms with Crippen LogP contribution in [0.1, 0.15) is 25.0 Å². The molecular weight excluding hydrogens is 352 g/mol. The molecule has 1 unspecified atom stereocenters. The van der Waals surface area contributed by atoms with Crippen molar-refractivity contribution in [3.63, 3.8) is 0 Å². The summed E-state index contributed by atoms with van der Waals surface area (Å²) in [7, 11) is 1.96. The highest BCUT2D eigenvalue weighted by atomic mass is 35.5. The van der Waals surface area contributed by atoms with E-state index in [0.717, 1.165) is 40.9 Å². The van der Waals surface area contributed by atoms with Crippen LogP contribution in [0.3, 0.4) is 0 Å². The molecule has 3 aromatic rings. The number of hydrogen-bond acceptors (Lipinski definition) is 4. The van der Waals surface area contributed by atoms with Crippen molar-refractivity contribution < 1.29 is 9.53 Å². The zero-order valence-corrected chi connectivity index (χ0v) is 15.4. The number of carbonyl (C=O) groups excluding carboxylic acids is 1. The van der Waals surface area contributed by atoms with Gasteiger partial charge in [-0.05, 0) is 24.6 Å². The number of amides is 1. The van der Waals surface area contributed by atoms with E-state index in [2.05, 4.69) is 10.3 Å². The van der Waals surface area contributed by atoms with Crippen LogP contribution in [0.5, 0.6) is 0 Å². The van der Waals surface area contributed by atoms with Crippen LogP contribution in [-0.4, -0.2) is 33.7 Å². The van der Waals surface area contributed by atoms with Gasteiger partial charge in [-0.25, -0.2) is 4.98 Å². The highest BCUT2D eigenvalue weighted by Gasteiger charge is 2.21. The van der Waals surface area contributed by atoms with Gasteiger partial charge < -0.3 is 14.6 Å². The third-order valence-corrected chi connectivity index (χ3v) is 4.83. The van der Waals surface area contributed by atoms with E-state index in [1.165, 1.54) is 6.92 Å². The van der Waals surface area contributed by atoms with Crippen molar-refractivity contribution in [3.8, 4) is 11.3 Å². The summed E-state index contributed by atoms with van der Waals surface area (Å²) in [4.78, 5) is 20.5. The van der Waals surface area contributed by atoms with Gasteiger partial charge >= 0.3 is 0 Å². The number of carbonyl (C=O) groups is 1. The lowest BCUT2D eigenvalue weighted by atomic mass is 10.0. The van der Waals surface area contributed by atoms with E-state index in [0.29, 0.717) is 17.4 Å². The lowest BCUT2D eigenvalue weighted by Crippen LogP contribution is -2.07. The predicted molar refractivity (Wildman–Crippen MR) is 101 cm³/mol. The van der Waals surface area contributed by atoms with Crippen LogP contribution in [0.4, 0.5) is 5.82 Å². The Morgan fingerprint density at radius 1 is 1.38 bits per heavy atom. The van der Waals surface area contributed by atoms with Crippen molar-refractivity contribution in [2.75, 3.05) is 18.5 Å². The largest absolute Gasteiger partial charge is 0.381 e. The van der Waals surface area contributed by atoms with Crippen LogP contribution in [0.15, 0.2) is 30.6 Å². The molecule has 4 heterocycles. The predicted octanol–water partition coefficient (Wildman–Crippen LogP) is 3.75. The lowest BCUT2D eigenvalue weighted by molar-refractivity contribution is -0.114. The Bertz CT molecular complexity index is 993. The van der Waals surface area contributed by atoms with Crippen molar-refractivity contribution in [3.05, 3.63) is 41.3 Å². The van der Waals surface area contributed by atoms with E-state index < -0.39 is 0 Å². The highest BCUT2D eigenvalue weighted by Crippen LogP contribution is 2.34. The zero-order valence-electron chi connectivity index (χ0n) is 14.6. The average Bonchev–Trinajstić information content (AvgIpc) is 3.22. The van der Waals surface area contributed by atoms with Crippen LogP contribution < -0.4 is 5.32 Å². The minimum Gasteiger partial charge on any atom is -0.381 e. The van der Waals surface area contributed by atoms with Crippen LogP contribution >= 0.6 is 11.6 Å². The second-order valence-electron chi connectivity index (χ2n) is 6.58. The number of anilines is 1. The third-order valence-electron chi connectivity index (χ3n) is 4.61. The van der Waals surface area contributed by atoms with Crippen molar-refractivity contribution in [1.82, 2.24) is 14.5 Å². The molecule has 134 valence electrons. The molecule has 0 saturated carbocycles. The van der Waals surface area contributed by atoms with Gasteiger partial charge in [0.15, 0.2) is 0 Å². The van der Waals surface area contributed by atoms with E-state index in [1.54, 1.807) is 6.20 Å². The zero-order chi connectivity index (χ0) is 18.3. The summed E-state index contributed by atoms with van der Waals surface area (Å²) in [6.45, 7) is 2.90. The SMILES string of the molecule is CC(=O)Nc1cc2c(-c3cc(Cl)cc(C4CCOC4)n3)cn(C)c2cn1. The standard InChI is InChI=1S/C19H19ClN4O2/c1-11(25)22-19-7-14-15(9-24(2)18(14)8-21-19)17-6-13(20)5-16(23-17)12-3-4-26-10-12/h5-9,12H,3-4,10H2,1-2H3,(H,21,22,25). The van der Waals surface area contributed by atoms with E-state index >= 15 is 0 Å². The molecule has 0 spiro atoms. The van der Waals surface area contributed by atoms with Crippen molar-refractivity contribution in [2.24, 2.45) is 7.05 Å². The number of hydrogen-bond donors (Lipinski definition) is 1. The number of fused-ring (bicyclic) bond motifs is 1. The molecule has 6 nitrogen and oxygen atoms in total. The maximum atomic E-state index is 11.3. The lowest BCUT2D eigenvalue weighted by Gasteiger charge is -2.10. The molecule has 3 aromatic heterocycles. The van der Waals surface area contributed by atoms with Gasteiger partial charge in [0.25, 0.3) is 0 Å². The maximum absolute atomic E-state index is 11.3. The number of halogens is 1. The summed E-state index contributed by atoms with van der Waals surface area (Å²) in [5.41, 5.74) is 3.68. The molecule has 7 heteroatoms.